The number of nitrogens with one attached hydrogen (secondary N) is 3. The summed E-state index contributed by atoms with van der Waals surface area (Å²) in [5.74, 6) is 1.57. The molecule has 1 unspecified atom stereocenters. The van der Waals surface area contributed by atoms with E-state index < -0.39 is 0 Å². The Kier molecular flexibility index (Phi) is 5.92. The van der Waals surface area contributed by atoms with Crippen LogP contribution in [0.15, 0.2) is 29.1 Å². The number of anilines is 1. The summed E-state index contributed by atoms with van der Waals surface area (Å²) in [4.78, 5) is 38.5. The minimum Gasteiger partial charge on any atom is -0.309 e. The number of hydrogen-bond donors (Lipinski definition) is 3. The maximum atomic E-state index is 12.5. The van der Waals surface area contributed by atoms with E-state index in [0.29, 0.717) is 22.8 Å². The Hall–Kier alpha value is -2.98. The van der Waals surface area contributed by atoms with Crippen LogP contribution < -0.4 is 10.9 Å². The number of nitrogens with zero attached hydrogens (tertiary/aromatic N) is 3. The lowest BCUT2D eigenvalue weighted by molar-refractivity contribution is -0.115. The van der Waals surface area contributed by atoms with Gasteiger partial charge in [0.2, 0.25) is 11.9 Å². The zero-order valence-corrected chi connectivity index (χ0v) is 19.2. The van der Waals surface area contributed by atoms with Gasteiger partial charge in [0.25, 0.3) is 5.56 Å². The van der Waals surface area contributed by atoms with Crippen LogP contribution in [0.2, 0.25) is 0 Å². The Bertz CT molecular complexity index is 1310. The molecule has 3 N–H and O–H groups in total. The predicted molar refractivity (Wildman–Crippen MR) is 126 cm³/mol. The number of carbonyl (C=O) groups is 1. The number of aromatic amines is 2. The van der Waals surface area contributed by atoms with Gasteiger partial charge in [-0.3, -0.25) is 20.0 Å². The lowest BCUT2D eigenvalue weighted by atomic mass is 10.1. The van der Waals surface area contributed by atoms with Crippen molar-refractivity contribution in [2.45, 2.75) is 38.7 Å². The van der Waals surface area contributed by atoms with Gasteiger partial charge in [-0.15, -0.1) is 28.2 Å². The Balaban J connectivity index is 1.39. The average Bonchev–Trinajstić information content (AvgIpc) is 3.31. The van der Waals surface area contributed by atoms with Crippen LogP contribution in [0.25, 0.3) is 21.6 Å². The molecule has 0 saturated carbocycles. The standard InChI is InChI=1S/C21H22N6O2S2/c1-10-5-7-14(8-6-10)17-24-21(27-26-17)25-18(28)13(4)30-9-15-22-19(29)16-11(2)12(3)31-20(16)23-15/h5-8,13H,9H2,1-4H3,(H,22,23,29)(H2,24,25,26,27,28). The first-order valence-electron chi connectivity index (χ1n) is 9.72. The van der Waals surface area contributed by atoms with Gasteiger partial charge in [0.15, 0.2) is 5.82 Å². The van der Waals surface area contributed by atoms with E-state index in [1.807, 2.05) is 45.0 Å². The van der Waals surface area contributed by atoms with Crippen LogP contribution in [-0.2, 0) is 10.5 Å². The SMILES string of the molecule is Cc1ccc(-c2nc(NC(=O)C(C)SCc3nc4sc(C)c(C)c4c(=O)[nH]3)n[nH]2)cc1. The lowest BCUT2D eigenvalue weighted by Gasteiger charge is -2.09. The third-order valence-corrected chi connectivity index (χ3v) is 7.23. The Morgan fingerprint density at radius 3 is 2.68 bits per heavy atom. The largest absolute Gasteiger partial charge is 0.309 e. The number of carbonyl (C=O) groups excluding carboxylic acids is 1. The second-order valence-corrected chi connectivity index (χ2v) is 9.82. The summed E-state index contributed by atoms with van der Waals surface area (Å²) >= 11 is 2.90. The van der Waals surface area contributed by atoms with Crippen molar-refractivity contribution < 1.29 is 4.79 Å². The van der Waals surface area contributed by atoms with E-state index in [0.717, 1.165) is 26.4 Å². The fraction of sp³-hybridized carbons (Fsp3) is 0.286. The lowest BCUT2D eigenvalue weighted by Crippen LogP contribution is -2.23. The van der Waals surface area contributed by atoms with Crippen molar-refractivity contribution in [2.24, 2.45) is 0 Å². The molecule has 10 heteroatoms. The van der Waals surface area contributed by atoms with Crippen molar-refractivity contribution in [1.29, 1.82) is 0 Å². The molecular weight excluding hydrogens is 432 g/mol. The number of fused-ring (bicyclic) bond motifs is 1. The highest BCUT2D eigenvalue weighted by Crippen LogP contribution is 2.26. The summed E-state index contributed by atoms with van der Waals surface area (Å²) in [6.45, 7) is 7.72. The highest BCUT2D eigenvalue weighted by atomic mass is 32.2. The summed E-state index contributed by atoms with van der Waals surface area (Å²) in [6, 6.07) is 7.87. The van der Waals surface area contributed by atoms with Gasteiger partial charge in [-0.05, 0) is 33.3 Å². The summed E-state index contributed by atoms with van der Waals surface area (Å²) < 4.78 is 0. The first kappa shape index (κ1) is 21.3. The Labute approximate surface area is 186 Å². The molecule has 0 bridgehead atoms. The summed E-state index contributed by atoms with van der Waals surface area (Å²) in [5.41, 5.74) is 2.88. The van der Waals surface area contributed by atoms with Gasteiger partial charge in [0.05, 0.1) is 16.4 Å². The number of rotatable bonds is 6. The van der Waals surface area contributed by atoms with Crippen LogP contribution in [0.5, 0.6) is 0 Å². The number of aryl methyl sites for hydroxylation is 3. The first-order valence-corrected chi connectivity index (χ1v) is 11.6. The molecule has 3 heterocycles. The van der Waals surface area contributed by atoms with Gasteiger partial charge >= 0.3 is 0 Å². The molecule has 160 valence electrons. The van der Waals surface area contributed by atoms with Gasteiger partial charge in [0.1, 0.15) is 10.7 Å². The molecule has 8 nitrogen and oxygen atoms in total. The fourth-order valence-corrected chi connectivity index (χ4v) is 4.82. The average molecular weight is 455 g/mol. The van der Waals surface area contributed by atoms with E-state index in [1.54, 1.807) is 6.92 Å². The molecule has 0 spiro atoms. The van der Waals surface area contributed by atoms with Crippen molar-refractivity contribution in [3.05, 3.63) is 56.4 Å². The first-order chi connectivity index (χ1) is 14.8. The molecule has 0 aliphatic heterocycles. The number of thiophene rings is 1. The van der Waals surface area contributed by atoms with E-state index in [1.165, 1.54) is 23.1 Å². The molecule has 0 fully saturated rings. The van der Waals surface area contributed by atoms with Crippen LogP contribution in [0, 0.1) is 20.8 Å². The Morgan fingerprint density at radius 2 is 1.94 bits per heavy atom. The molecule has 0 aliphatic rings. The molecule has 0 radical (unpaired) electrons. The van der Waals surface area contributed by atoms with Crippen molar-refractivity contribution in [2.75, 3.05) is 5.32 Å². The topological polar surface area (TPSA) is 116 Å². The quantitative estimate of drug-likeness (QED) is 0.406. The number of H-pyrrole nitrogens is 2. The van der Waals surface area contributed by atoms with Gasteiger partial charge in [0, 0.05) is 10.4 Å². The van der Waals surface area contributed by atoms with E-state index in [9.17, 15) is 9.59 Å². The van der Waals surface area contributed by atoms with Crippen LogP contribution >= 0.6 is 23.1 Å². The summed E-state index contributed by atoms with van der Waals surface area (Å²) in [5, 5.41) is 9.91. The number of hydrogen-bond acceptors (Lipinski definition) is 7. The third-order valence-electron chi connectivity index (χ3n) is 4.97. The second-order valence-electron chi connectivity index (χ2n) is 7.29. The van der Waals surface area contributed by atoms with Gasteiger partial charge in [-0.1, -0.05) is 29.8 Å². The molecule has 0 saturated heterocycles. The van der Waals surface area contributed by atoms with Crippen molar-refractivity contribution in [3.63, 3.8) is 0 Å². The number of aromatic nitrogens is 5. The van der Waals surface area contributed by atoms with E-state index in [2.05, 4.69) is 30.5 Å². The molecule has 0 aliphatic carbocycles. The number of thioether (sulfide) groups is 1. The number of benzene rings is 1. The van der Waals surface area contributed by atoms with Crippen LogP contribution in [-0.4, -0.2) is 36.3 Å². The molecule has 1 amide bonds. The fourth-order valence-electron chi connectivity index (χ4n) is 3.02. The van der Waals surface area contributed by atoms with Gasteiger partial charge < -0.3 is 4.98 Å². The predicted octanol–water partition coefficient (Wildman–Crippen LogP) is 3.96. The number of amides is 1. The van der Waals surface area contributed by atoms with Crippen molar-refractivity contribution in [1.82, 2.24) is 25.1 Å². The van der Waals surface area contributed by atoms with Crippen LogP contribution in [0.1, 0.15) is 28.8 Å². The van der Waals surface area contributed by atoms with Crippen molar-refractivity contribution >= 4 is 45.2 Å². The molecule has 1 aromatic carbocycles. The molecule has 3 aromatic heterocycles. The van der Waals surface area contributed by atoms with E-state index in [-0.39, 0.29) is 22.7 Å². The van der Waals surface area contributed by atoms with Gasteiger partial charge in [-0.2, -0.15) is 4.98 Å². The Morgan fingerprint density at radius 1 is 1.19 bits per heavy atom. The highest BCUT2D eigenvalue weighted by Gasteiger charge is 2.18. The van der Waals surface area contributed by atoms with E-state index >= 15 is 0 Å². The zero-order chi connectivity index (χ0) is 22.1. The summed E-state index contributed by atoms with van der Waals surface area (Å²) in [7, 11) is 0. The minimum atomic E-state index is -0.380. The molecule has 31 heavy (non-hydrogen) atoms. The smallest absolute Gasteiger partial charge is 0.259 e. The normalized spacial score (nSPS) is 12.3. The monoisotopic (exact) mass is 454 g/mol. The molecule has 4 aromatic rings. The molecular formula is C21H22N6O2S2. The second kappa shape index (κ2) is 8.64. The molecule has 4 rings (SSSR count). The minimum absolute atomic E-state index is 0.135. The van der Waals surface area contributed by atoms with Crippen molar-refractivity contribution in [3.8, 4) is 11.4 Å². The van der Waals surface area contributed by atoms with E-state index in [4.69, 9.17) is 0 Å². The summed E-state index contributed by atoms with van der Waals surface area (Å²) in [6.07, 6.45) is 0. The highest BCUT2D eigenvalue weighted by molar-refractivity contribution is 7.99. The molecule has 1 atom stereocenters. The van der Waals surface area contributed by atoms with Crippen LogP contribution in [0.4, 0.5) is 5.95 Å². The maximum absolute atomic E-state index is 12.5. The van der Waals surface area contributed by atoms with Gasteiger partial charge in [-0.25, -0.2) is 4.98 Å². The third kappa shape index (κ3) is 4.54. The maximum Gasteiger partial charge on any atom is 0.259 e. The van der Waals surface area contributed by atoms with Crippen LogP contribution in [0.3, 0.4) is 0 Å². The zero-order valence-electron chi connectivity index (χ0n) is 17.6.